The van der Waals surface area contributed by atoms with E-state index in [1.165, 1.54) is 18.2 Å². The molecular weight excluding hydrogens is 378 g/mol. The van der Waals surface area contributed by atoms with Gasteiger partial charge in [0.05, 0.1) is 9.92 Å². The zero-order chi connectivity index (χ0) is 15.5. The van der Waals surface area contributed by atoms with E-state index in [2.05, 4.69) is 15.9 Å². The summed E-state index contributed by atoms with van der Waals surface area (Å²) in [5, 5.41) is 17.6. The van der Waals surface area contributed by atoms with E-state index >= 15 is 0 Å². The molecule has 20 heavy (non-hydrogen) atoms. The van der Waals surface area contributed by atoms with Crippen molar-refractivity contribution in [1.29, 1.82) is 0 Å². The molecule has 1 aromatic rings. The molecule has 0 saturated carbocycles. The van der Waals surface area contributed by atoms with Gasteiger partial charge in [0.15, 0.2) is 0 Å². The van der Waals surface area contributed by atoms with Crippen LogP contribution in [0.5, 0.6) is 0 Å². The van der Waals surface area contributed by atoms with Crippen molar-refractivity contribution in [3.05, 3.63) is 27.7 Å². The number of aliphatic carboxylic acids is 2. The number of rotatable bonds is 6. The molecule has 0 saturated heterocycles. The van der Waals surface area contributed by atoms with E-state index in [1.807, 2.05) is 0 Å². The maximum atomic E-state index is 12.2. The second kappa shape index (κ2) is 6.53. The number of hydrogen-bond acceptors (Lipinski definition) is 4. The van der Waals surface area contributed by atoms with E-state index < -0.39 is 35.1 Å². The van der Waals surface area contributed by atoms with Crippen molar-refractivity contribution < 1.29 is 28.2 Å². The Hall–Kier alpha value is -1.16. The molecule has 0 aliphatic carbocycles. The lowest BCUT2D eigenvalue weighted by Crippen LogP contribution is -2.39. The number of nitrogens with zero attached hydrogens (tertiary/aromatic N) is 1. The monoisotopic (exact) mass is 385 g/mol. The maximum absolute atomic E-state index is 12.2. The summed E-state index contributed by atoms with van der Waals surface area (Å²) >= 11 is 8.78. The van der Waals surface area contributed by atoms with Gasteiger partial charge in [-0.1, -0.05) is 11.6 Å². The molecule has 0 aliphatic rings. The van der Waals surface area contributed by atoms with Gasteiger partial charge >= 0.3 is 11.9 Å². The first-order chi connectivity index (χ1) is 9.14. The Kier molecular flexibility index (Phi) is 5.51. The Balaban J connectivity index is 3.24. The van der Waals surface area contributed by atoms with Crippen LogP contribution in [0.15, 0.2) is 27.6 Å². The predicted molar refractivity (Wildman–Crippen MR) is 73.2 cm³/mol. The lowest BCUT2D eigenvalue weighted by Gasteiger charge is -2.18. The summed E-state index contributed by atoms with van der Waals surface area (Å²) in [5.41, 5.74) is 0. The lowest BCUT2D eigenvalue weighted by molar-refractivity contribution is -0.139. The zero-order valence-corrected chi connectivity index (χ0v) is 12.9. The molecule has 0 aromatic heterocycles. The Bertz CT molecular complexity index is 631. The maximum Gasteiger partial charge on any atom is 0.318 e. The largest absolute Gasteiger partial charge is 0.480 e. The minimum absolute atomic E-state index is 0.253. The van der Waals surface area contributed by atoms with Crippen LogP contribution in [0.25, 0.3) is 0 Å². The fourth-order valence-electron chi connectivity index (χ4n) is 1.31. The molecule has 0 aliphatic heterocycles. The molecule has 7 nitrogen and oxygen atoms in total. The minimum Gasteiger partial charge on any atom is -0.480 e. The first-order valence-corrected chi connectivity index (χ1v) is 7.64. The van der Waals surface area contributed by atoms with Crippen molar-refractivity contribution in [3.63, 3.8) is 0 Å². The van der Waals surface area contributed by atoms with Crippen molar-refractivity contribution in [3.8, 4) is 0 Å². The molecule has 110 valence electrons. The number of sulfonamides is 1. The van der Waals surface area contributed by atoms with Gasteiger partial charge in [-0.2, -0.15) is 4.31 Å². The van der Waals surface area contributed by atoms with E-state index in [1.54, 1.807) is 0 Å². The van der Waals surface area contributed by atoms with Crippen LogP contribution >= 0.6 is 27.5 Å². The van der Waals surface area contributed by atoms with Crippen LogP contribution in [0.4, 0.5) is 0 Å². The molecule has 1 aromatic carbocycles. The summed E-state index contributed by atoms with van der Waals surface area (Å²) in [5.74, 6) is -2.91. The molecule has 0 atom stereocenters. The molecule has 0 heterocycles. The van der Waals surface area contributed by atoms with Crippen LogP contribution in [0.1, 0.15) is 0 Å². The zero-order valence-electron chi connectivity index (χ0n) is 9.79. The molecule has 0 fully saturated rings. The predicted octanol–water partition coefficient (Wildman–Crippen LogP) is 1.26. The molecule has 10 heteroatoms. The number of hydrogen-bond donors (Lipinski definition) is 2. The van der Waals surface area contributed by atoms with Gasteiger partial charge in [-0.25, -0.2) is 8.42 Å². The highest BCUT2D eigenvalue weighted by Crippen LogP contribution is 2.26. The van der Waals surface area contributed by atoms with E-state index in [0.29, 0.717) is 8.78 Å². The van der Waals surface area contributed by atoms with E-state index in [-0.39, 0.29) is 9.92 Å². The van der Waals surface area contributed by atoms with E-state index in [9.17, 15) is 18.0 Å². The van der Waals surface area contributed by atoms with Crippen LogP contribution in [0.3, 0.4) is 0 Å². The van der Waals surface area contributed by atoms with E-state index in [4.69, 9.17) is 21.8 Å². The highest BCUT2D eigenvalue weighted by Gasteiger charge is 2.28. The second-order valence-corrected chi connectivity index (χ2v) is 6.84. The molecular formula is C10H9BrClNO6S. The normalized spacial score (nSPS) is 11.6. The summed E-state index contributed by atoms with van der Waals surface area (Å²) in [4.78, 5) is 21.1. The molecule has 0 amide bonds. The fourth-order valence-corrected chi connectivity index (χ4v) is 3.33. The highest BCUT2D eigenvalue weighted by atomic mass is 79.9. The lowest BCUT2D eigenvalue weighted by atomic mass is 10.4. The third-order valence-corrected chi connectivity index (χ3v) is 5.15. The molecule has 0 spiro atoms. The number of benzene rings is 1. The summed E-state index contributed by atoms with van der Waals surface area (Å²) < 4.78 is 25.1. The van der Waals surface area contributed by atoms with Gasteiger partial charge in [-0.05, 0) is 34.1 Å². The Morgan fingerprint density at radius 3 is 2.10 bits per heavy atom. The molecule has 0 unspecified atom stereocenters. The molecule has 0 radical (unpaired) electrons. The van der Waals surface area contributed by atoms with Gasteiger partial charge < -0.3 is 10.2 Å². The first kappa shape index (κ1) is 16.9. The fraction of sp³-hybridized carbons (Fsp3) is 0.200. The minimum atomic E-state index is -4.25. The number of carboxylic acids is 2. The highest BCUT2D eigenvalue weighted by molar-refractivity contribution is 9.10. The van der Waals surface area contributed by atoms with Crippen molar-refractivity contribution in [2.75, 3.05) is 13.1 Å². The second-order valence-electron chi connectivity index (χ2n) is 3.64. The molecule has 1 rings (SSSR count). The van der Waals surface area contributed by atoms with Gasteiger partial charge in [0.2, 0.25) is 10.0 Å². The van der Waals surface area contributed by atoms with Crippen molar-refractivity contribution in [2.45, 2.75) is 4.90 Å². The van der Waals surface area contributed by atoms with Gasteiger partial charge in [-0.15, -0.1) is 0 Å². The third kappa shape index (κ3) is 4.17. The average molecular weight is 387 g/mol. The summed E-state index contributed by atoms with van der Waals surface area (Å²) in [6.45, 7) is -1.90. The summed E-state index contributed by atoms with van der Waals surface area (Å²) in [6.07, 6.45) is 0. The van der Waals surface area contributed by atoms with Crippen molar-refractivity contribution >= 4 is 49.5 Å². The summed E-state index contributed by atoms with van der Waals surface area (Å²) in [6, 6.07) is 3.64. The van der Waals surface area contributed by atoms with Gasteiger partial charge in [-0.3, -0.25) is 9.59 Å². The Labute approximate surface area is 127 Å². The topological polar surface area (TPSA) is 112 Å². The summed E-state index contributed by atoms with van der Waals surface area (Å²) in [7, 11) is -4.25. The first-order valence-electron chi connectivity index (χ1n) is 5.03. The average Bonchev–Trinajstić information content (AvgIpc) is 2.30. The van der Waals surface area contributed by atoms with Crippen LogP contribution in [0, 0.1) is 0 Å². The molecule has 2 N–H and O–H groups in total. The van der Waals surface area contributed by atoms with Gasteiger partial charge in [0.25, 0.3) is 0 Å². The van der Waals surface area contributed by atoms with Gasteiger partial charge in [0.1, 0.15) is 13.1 Å². The van der Waals surface area contributed by atoms with Gasteiger partial charge in [0, 0.05) is 4.47 Å². The standard InChI is InChI=1S/C10H9BrClNO6S/c11-7-3-6(1-2-8(7)12)20(18,19)13(4-9(14)15)5-10(16)17/h1-3H,4-5H2,(H,14,15)(H,16,17). The van der Waals surface area contributed by atoms with E-state index in [0.717, 1.165) is 0 Å². The Morgan fingerprint density at radius 1 is 1.20 bits per heavy atom. The van der Waals surface area contributed by atoms with Crippen molar-refractivity contribution in [2.24, 2.45) is 0 Å². The number of carboxylic acid groups (broad SMARTS) is 2. The number of halogens is 2. The quantitative estimate of drug-likeness (QED) is 0.761. The smallest absolute Gasteiger partial charge is 0.318 e. The van der Waals surface area contributed by atoms with Crippen LogP contribution < -0.4 is 0 Å². The SMILES string of the molecule is O=C(O)CN(CC(=O)O)S(=O)(=O)c1ccc(Cl)c(Br)c1. The van der Waals surface area contributed by atoms with Crippen LogP contribution in [-0.4, -0.2) is 48.0 Å². The van der Waals surface area contributed by atoms with Crippen molar-refractivity contribution in [1.82, 2.24) is 4.31 Å². The Morgan fingerprint density at radius 2 is 1.70 bits per heavy atom. The molecule has 0 bridgehead atoms. The van der Waals surface area contributed by atoms with Crippen LogP contribution in [-0.2, 0) is 19.6 Å². The van der Waals surface area contributed by atoms with Crippen LogP contribution in [0.2, 0.25) is 5.02 Å². The third-order valence-electron chi connectivity index (χ3n) is 2.15. The number of carbonyl (C=O) groups is 2.